The molecule has 7 fully saturated rings. The maximum absolute atomic E-state index is 13.8. The van der Waals surface area contributed by atoms with Crippen LogP contribution < -0.4 is 0 Å². The molecule has 10 atom stereocenters. The molecule has 1 unspecified atom stereocenters. The Balaban J connectivity index is 1.71. The minimum Gasteiger partial charge on any atom is -0.429 e. The van der Waals surface area contributed by atoms with Gasteiger partial charge in [0, 0.05) is 11.8 Å². The second-order valence-electron chi connectivity index (χ2n) is 11.6. The molecule has 166 valence electrons. The van der Waals surface area contributed by atoms with Crippen LogP contribution in [0.25, 0.3) is 0 Å². The fourth-order valence-corrected chi connectivity index (χ4v) is 8.96. The number of hydrogen-bond acceptors (Lipinski definition) is 7. The number of esters is 1. The Hall–Kier alpha value is -0.990. The highest BCUT2D eigenvalue weighted by atomic mass is 16.8. The van der Waals surface area contributed by atoms with Crippen molar-refractivity contribution in [2.45, 2.75) is 89.4 Å². The highest BCUT2D eigenvalue weighted by Crippen LogP contribution is 2.80. The molecule has 3 saturated heterocycles. The van der Waals surface area contributed by atoms with Crippen LogP contribution in [0.15, 0.2) is 12.2 Å². The molecule has 0 amide bonds. The maximum atomic E-state index is 13.8. The number of fused-ring (bicyclic) bond motifs is 1. The first-order valence-electron chi connectivity index (χ1n) is 11.2. The van der Waals surface area contributed by atoms with Gasteiger partial charge in [0.2, 0.25) is 0 Å². The Kier molecular flexibility index (Phi) is 3.38. The predicted octanol–water partition coefficient (Wildman–Crippen LogP) is 1.49. The minimum absolute atomic E-state index is 0.106. The molecule has 7 heteroatoms. The third kappa shape index (κ3) is 1.66. The van der Waals surface area contributed by atoms with Gasteiger partial charge in [0.25, 0.3) is 5.79 Å². The summed E-state index contributed by atoms with van der Waals surface area (Å²) in [6.45, 7) is 11.8. The number of ether oxygens (including phenoxy) is 3. The summed E-state index contributed by atoms with van der Waals surface area (Å²) in [6, 6.07) is 0. The van der Waals surface area contributed by atoms with Crippen molar-refractivity contribution in [3.63, 3.8) is 0 Å². The average molecular weight is 421 g/mol. The van der Waals surface area contributed by atoms with Gasteiger partial charge < -0.3 is 29.5 Å². The molecule has 4 bridgehead atoms. The molecule has 30 heavy (non-hydrogen) atoms. The maximum Gasteiger partial charge on any atom is 0.318 e. The number of carbonyl (C=O) groups excluding carboxylic acids is 1. The highest BCUT2D eigenvalue weighted by Gasteiger charge is 2.92. The van der Waals surface area contributed by atoms with Crippen LogP contribution in [0.1, 0.15) is 53.4 Å². The Labute approximate surface area is 176 Å². The fourth-order valence-electron chi connectivity index (χ4n) is 8.96. The van der Waals surface area contributed by atoms with E-state index in [1.807, 2.05) is 13.8 Å². The molecule has 0 aromatic carbocycles. The van der Waals surface area contributed by atoms with Gasteiger partial charge in [-0.15, -0.1) is 0 Å². The van der Waals surface area contributed by atoms with E-state index in [0.717, 1.165) is 0 Å². The zero-order chi connectivity index (χ0) is 21.6. The van der Waals surface area contributed by atoms with Gasteiger partial charge in [-0.2, -0.15) is 0 Å². The summed E-state index contributed by atoms with van der Waals surface area (Å²) in [4.78, 5) is 13.8. The van der Waals surface area contributed by atoms with Crippen molar-refractivity contribution in [2.24, 2.45) is 34.0 Å². The molecule has 3 spiro atoms. The smallest absolute Gasteiger partial charge is 0.318 e. The third-order valence-electron chi connectivity index (χ3n) is 9.72. The third-order valence-corrected chi connectivity index (χ3v) is 9.72. The summed E-state index contributed by atoms with van der Waals surface area (Å²) in [5.41, 5.74) is -2.24. The number of aliphatic hydroxyl groups is 3. The van der Waals surface area contributed by atoms with Gasteiger partial charge in [0.05, 0.1) is 23.7 Å². The van der Waals surface area contributed by atoms with Crippen LogP contribution >= 0.6 is 0 Å². The van der Waals surface area contributed by atoms with E-state index in [1.165, 1.54) is 0 Å². The van der Waals surface area contributed by atoms with Crippen molar-refractivity contribution in [1.82, 2.24) is 0 Å². The van der Waals surface area contributed by atoms with Crippen LogP contribution in [-0.4, -0.2) is 57.3 Å². The van der Waals surface area contributed by atoms with Crippen LogP contribution in [0, 0.1) is 34.0 Å². The van der Waals surface area contributed by atoms with E-state index in [2.05, 4.69) is 6.58 Å². The summed E-state index contributed by atoms with van der Waals surface area (Å²) in [7, 11) is 0. The van der Waals surface area contributed by atoms with Gasteiger partial charge in [-0.25, -0.2) is 0 Å². The monoisotopic (exact) mass is 420 g/mol. The van der Waals surface area contributed by atoms with Crippen molar-refractivity contribution in [3.8, 4) is 0 Å². The zero-order valence-electron chi connectivity index (χ0n) is 18.1. The van der Waals surface area contributed by atoms with Gasteiger partial charge in [-0.3, -0.25) is 4.79 Å². The zero-order valence-corrected chi connectivity index (χ0v) is 18.1. The van der Waals surface area contributed by atoms with E-state index in [1.54, 1.807) is 13.8 Å². The van der Waals surface area contributed by atoms with Gasteiger partial charge in [0.1, 0.15) is 11.5 Å². The molecule has 0 radical (unpaired) electrons. The molecule has 3 N–H and O–H groups in total. The number of carbonyl (C=O) groups is 1. The van der Waals surface area contributed by atoms with Crippen LogP contribution in [0.3, 0.4) is 0 Å². The normalized spacial score (nSPS) is 59.4. The van der Waals surface area contributed by atoms with E-state index >= 15 is 0 Å². The highest BCUT2D eigenvalue weighted by molar-refractivity contribution is 5.83. The number of aliphatic hydroxyl groups excluding tert-OH is 3. The number of rotatable bonds is 0. The van der Waals surface area contributed by atoms with Crippen molar-refractivity contribution in [1.29, 1.82) is 0 Å². The SMILES string of the molecule is C=C1[C@@H](O)[C@@]23C4OC(C)(C)O[C@]25OC(=O)[C@@]2([C@H]([C@@H]5O)C(C)(C)CC[C@@H]2O)[C@@H]3CC[C@@H]14. The molecule has 7 aliphatic rings. The summed E-state index contributed by atoms with van der Waals surface area (Å²) in [6.07, 6.45) is -1.23. The second-order valence-corrected chi connectivity index (χ2v) is 11.6. The standard InChI is InChI=1S/C23H32O7/c1-10-11-6-7-12-21-13(24)8-9-19(2,3)14(21)16(26)23(29-18(21)27)22(12,15(10)25)17(11)28-20(4,5)30-23/h11-17,24-26H,1,6-9H2,2-5H3/t11-,12-,13-,14+,15+,16-,17?,21-,22-,23-/m0/s1. The summed E-state index contributed by atoms with van der Waals surface area (Å²) in [5.74, 6) is -4.44. The molecular weight excluding hydrogens is 388 g/mol. The van der Waals surface area contributed by atoms with Gasteiger partial charge in [0.15, 0.2) is 5.79 Å². The first-order chi connectivity index (χ1) is 13.9. The predicted molar refractivity (Wildman–Crippen MR) is 104 cm³/mol. The Morgan fingerprint density at radius 1 is 1.07 bits per heavy atom. The van der Waals surface area contributed by atoms with Crippen LogP contribution in [0.5, 0.6) is 0 Å². The van der Waals surface area contributed by atoms with E-state index in [4.69, 9.17) is 14.2 Å². The van der Waals surface area contributed by atoms with E-state index < -0.39 is 70.0 Å². The molecule has 7 rings (SSSR count). The molecule has 0 aromatic rings. The lowest BCUT2D eigenvalue weighted by Crippen LogP contribution is -2.90. The Bertz CT molecular complexity index is 866. The van der Waals surface area contributed by atoms with Crippen molar-refractivity contribution in [3.05, 3.63) is 12.2 Å². The Morgan fingerprint density at radius 2 is 1.77 bits per heavy atom. The summed E-state index contributed by atoms with van der Waals surface area (Å²) < 4.78 is 18.9. The quantitative estimate of drug-likeness (QED) is 0.403. The molecule has 0 aromatic heterocycles. The fraction of sp³-hybridized carbons (Fsp3) is 0.870. The van der Waals surface area contributed by atoms with Crippen molar-refractivity contribution in [2.75, 3.05) is 0 Å². The van der Waals surface area contributed by atoms with Crippen molar-refractivity contribution >= 4 is 5.97 Å². The van der Waals surface area contributed by atoms with E-state index in [0.29, 0.717) is 31.3 Å². The molecule has 4 aliphatic carbocycles. The largest absolute Gasteiger partial charge is 0.429 e. The first kappa shape index (κ1) is 19.7. The Morgan fingerprint density at radius 3 is 2.47 bits per heavy atom. The summed E-state index contributed by atoms with van der Waals surface area (Å²) in [5, 5.41) is 34.9. The average Bonchev–Trinajstić information content (AvgIpc) is 2.76. The van der Waals surface area contributed by atoms with Crippen LogP contribution in [0.2, 0.25) is 0 Å². The van der Waals surface area contributed by atoms with E-state index in [9.17, 15) is 20.1 Å². The minimum atomic E-state index is -1.74. The summed E-state index contributed by atoms with van der Waals surface area (Å²) >= 11 is 0. The second kappa shape index (κ2) is 5.15. The van der Waals surface area contributed by atoms with E-state index in [-0.39, 0.29) is 5.92 Å². The lowest BCUT2D eigenvalue weighted by Gasteiger charge is -2.77. The lowest BCUT2D eigenvalue weighted by molar-refractivity contribution is -0.526. The molecule has 3 aliphatic heterocycles. The first-order valence-corrected chi connectivity index (χ1v) is 11.2. The van der Waals surface area contributed by atoms with Gasteiger partial charge in [-0.1, -0.05) is 20.4 Å². The number of hydrogen-bond donors (Lipinski definition) is 3. The molecule has 3 heterocycles. The van der Waals surface area contributed by atoms with Gasteiger partial charge in [-0.05, 0) is 56.4 Å². The van der Waals surface area contributed by atoms with Crippen LogP contribution in [0.4, 0.5) is 0 Å². The topological polar surface area (TPSA) is 105 Å². The molecule has 7 nitrogen and oxygen atoms in total. The van der Waals surface area contributed by atoms with Crippen molar-refractivity contribution < 1.29 is 34.3 Å². The van der Waals surface area contributed by atoms with Crippen LogP contribution in [-0.2, 0) is 19.0 Å². The van der Waals surface area contributed by atoms with Gasteiger partial charge >= 0.3 is 5.97 Å². The molecular formula is C23H32O7. The molecule has 4 saturated carbocycles. The lowest BCUT2D eigenvalue weighted by atomic mass is 9.35.